The second-order valence-electron chi connectivity index (χ2n) is 6.71. The zero-order chi connectivity index (χ0) is 20.4. The Morgan fingerprint density at radius 2 is 1.64 bits per heavy atom. The third-order valence-corrected chi connectivity index (χ3v) is 4.66. The van der Waals surface area contributed by atoms with E-state index >= 15 is 0 Å². The topological polar surface area (TPSA) is 81.7 Å². The van der Waals surface area contributed by atoms with E-state index in [1.54, 1.807) is 0 Å². The van der Waals surface area contributed by atoms with Crippen LogP contribution in [-0.4, -0.2) is 42.1 Å². The largest absolute Gasteiger partial charge is 0.340 e. The van der Waals surface area contributed by atoms with Gasteiger partial charge in [-0.2, -0.15) is 0 Å². The van der Waals surface area contributed by atoms with Crippen LogP contribution in [-0.2, 0) is 9.59 Å². The minimum atomic E-state index is -1.55. The minimum Gasteiger partial charge on any atom is -0.340 e. The van der Waals surface area contributed by atoms with Crippen molar-refractivity contribution in [2.75, 3.05) is 20.1 Å². The van der Waals surface area contributed by atoms with E-state index in [-0.39, 0.29) is 17.4 Å². The van der Waals surface area contributed by atoms with Crippen molar-refractivity contribution in [2.24, 2.45) is 5.92 Å². The molecule has 1 fully saturated rings. The van der Waals surface area contributed by atoms with Crippen LogP contribution in [0.3, 0.4) is 0 Å². The molecule has 0 spiro atoms. The summed E-state index contributed by atoms with van der Waals surface area (Å²) in [6.45, 7) is 1.14. The van der Waals surface area contributed by atoms with Gasteiger partial charge >= 0.3 is 0 Å². The predicted octanol–water partition coefficient (Wildman–Crippen LogP) is 2.00. The lowest BCUT2D eigenvalue weighted by atomic mass is 9.97. The van der Waals surface area contributed by atoms with E-state index in [4.69, 9.17) is 5.21 Å². The number of hydroxylamine groups is 1. The summed E-state index contributed by atoms with van der Waals surface area (Å²) in [5.74, 6) is -5.57. The van der Waals surface area contributed by atoms with Crippen molar-refractivity contribution in [3.8, 4) is 11.1 Å². The average molecular weight is 393 g/mol. The Morgan fingerprint density at radius 3 is 2.14 bits per heavy atom. The van der Waals surface area contributed by atoms with E-state index in [1.165, 1.54) is 29.7 Å². The number of hydrogen-bond acceptors (Lipinski definition) is 4. The zero-order valence-corrected chi connectivity index (χ0v) is 14.9. The molecule has 1 aliphatic heterocycles. The van der Waals surface area contributed by atoms with Gasteiger partial charge in [0, 0.05) is 13.1 Å². The number of halogens is 3. The van der Waals surface area contributed by atoms with Crippen molar-refractivity contribution in [3.63, 3.8) is 0 Å². The molecular formula is C19H18F3N3O3. The fraction of sp³-hybridized carbons (Fsp3) is 0.263. The number of carbonyl (C=O) groups is 2. The van der Waals surface area contributed by atoms with E-state index in [0.717, 1.165) is 12.1 Å². The van der Waals surface area contributed by atoms with Gasteiger partial charge < -0.3 is 10.2 Å². The van der Waals surface area contributed by atoms with Crippen LogP contribution in [0.15, 0.2) is 36.4 Å². The van der Waals surface area contributed by atoms with E-state index in [2.05, 4.69) is 5.32 Å². The molecule has 1 aliphatic rings. The number of carbonyl (C=O) groups excluding carboxylic acids is 2. The first-order valence-corrected chi connectivity index (χ1v) is 8.48. The molecule has 0 saturated carbocycles. The molecular weight excluding hydrogens is 375 g/mol. The second-order valence-corrected chi connectivity index (χ2v) is 6.71. The SMILES string of the molecule is CN1CC(C(=O)NC(C(=O)NO)c2ccc(-c3cc(F)c(F)c(F)c3)cc2)C1. The zero-order valence-electron chi connectivity index (χ0n) is 14.9. The summed E-state index contributed by atoms with van der Waals surface area (Å²) in [5.41, 5.74) is 2.38. The van der Waals surface area contributed by atoms with Crippen LogP contribution < -0.4 is 10.8 Å². The molecule has 2 aromatic rings. The number of rotatable bonds is 5. The summed E-state index contributed by atoms with van der Waals surface area (Å²) in [6.07, 6.45) is 0. The first-order valence-electron chi connectivity index (χ1n) is 8.48. The normalized spacial score (nSPS) is 15.6. The molecule has 1 saturated heterocycles. The number of nitrogens with zero attached hydrogens (tertiary/aromatic N) is 1. The first kappa shape index (κ1) is 19.8. The van der Waals surface area contributed by atoms with Crippen molar-refractivity contribution in [3.05, 3.63) is 59.4 Å². The van der Waals surface area contributed by atoms with Crippen molar-refractivity contribution in [1.82, 2.24) is 15.7 Å². The molecule has 1 unspecified atom stereocenters. The molecule has 148 valence electrons. The van der Waals surface area contributed by atoms with Gasteiger partial charge in [0.1, 0.15) is 6.04 Å². The van der Waals surface area contributed by atoms with E-state index in [0.29, 0.717) is 24.2 Å². The van der Waals surface area contributed by atoms with Crippen LogP contribution in [0.25, 0.3) is 11.1 Å². The summed E-state index contributed by atoms with van der Waals surface area (Å²) in [4.78, 5) is 26.2. The summed E-state index contributed by atoms with van der Waals surface area (Å²) < 4.78 is 40.0. The highest BCUT2D eigenvalue weighted by Gasteiger charge is 2.33. The van der Waals surface area contributed by atoms with Gasteiger partial charge in [-0.1, -0.05) is 24.3 Å². The second kappa shape index (κ2) is 7.99. The number of nitrogens with one attached hydrogen (secondary N) is 2. The van der Waals surface area contributed by atoms with Gasteiger partial charge in [0.25, 0.3) is 5.91 Å². The van der Waals surface area contributed by atoms with Crippen LogP contribution in [0.2, 0.25) is 0 Å². The van der Waals surface area contributed by atoms with Gasteiger partial charge in [-0.05, 0) is 35.9 Å². The smallest absolute Gasteiger partial charge is 0.270 e. The molecule has 0 aromatic heterocycles. The maximum Gasteiger partial charge on any atom is 0.270 e. The summed E-state index contributed by atoms with van der Waals surface area (Å²) >= 11 is 0. The fourth-order valence-electron chi connectivity index (χ4n) is 3.08. The molecule has 6 nitrogen and oxygen atoms in total. The molecule has 2 amide bonds. The lowest BCUT2D eigenvalue weighted by Gasteiger charge is -2.35. The standard InChI is InChI=1S/C19H18F3N3O3/c1-25-8-13(9-25)18(26)23-17(19(27)24-28)11-4-2-10(3-5-11)12-6-14(20)16(22)15(21)7-12/h2-7,13,17,28H,8-9H2,1H3,(H,23,26)(H,24,27). The van der Waals surface area contributed by atoms with Gasteiger partial charge in [-0.3, -0.25) is 14.8 Å². The molecule has 2 aromatic carbocycles. The molecule has 3 rings (SSSR count). The molecule has 3 N–H and O–H groups in total. The molecule has 28 heavy (non-hydrogen) atoms. The molecule has 1 atom stereocenters. The Bertz CT molecular complexity index is 876. The maximum absolute atomic E-state index is 13.4. The molecule has 0 radical (unpaired) electrons. The summed E-state index contributed by atoms with van der Waals surface area (Å²) in [5, 5.41) is 11.6. The quantitative estimate of drug-likeness (QED) is 0.412. The summed E-state index contributed by atoms with van der Waals surface area (Å²) in [6, 6.07) is 6.48. The number of likely N-dealkylation sites (tertiary alicyclic amines) is 1. The molecule has 0 bridgehead atoms. The van der Waals surface area contributed by atoms with Crippen LogP contribution in [0.5, 0.6) is 0 Å². The fourth-order valence-corrected chi connectivity index (χ4v) is 3.08. The number of hydrogen-bond donors (Lipinski definition) is 3. The van der Waals surface area contributed by atoms with Gasteiger partial charge in [0.05, 0.1) is 5.92 Å². The maximum atomic E-state index is 13.4. The van der Waals surface area contributed by atoms with Gasteiger partial charge in [-0.15, -0.1) is 0 Å². The third-order valence-electron chi connectivity index (χ3n) is 4.66. The Balaban J connectivity index is 1.82. The first-order chi connectivity index (χ1) is 13.3. The van der Waals surface area contributed by atoms with E-state index in [1.807, 2.05) is 11.9 Å². The van der Waals surface area contributed by atoms with Crippen molar-refractivity contribution in [1.29, 1.82) is 0 Å². The predicted molar refractivity (Wildman–Crippen MR) is 93.6 cm³/mol. The average Bonchev–Trinajstić information content (AvgIpc) is 2.66. The van der Waals surface area contributed by atoms with Gasteiger partial charge in [-0.25, -0.2) is 18.7 Å². The van der Waals surface area contributed by atoms with Crippen LogP contribution >= 0.6 is 0 Å². The van der Waals surface area contributed by atoms with Gasteiger partial charge in [0.2, 0.25) is 5.91 Å². The van der Waals surface area contributed by atoms with Gasteiger partial charge in [0.15, 0.2) is 17.5 Å². The third kappa shape index (κ3) is 4.00. The number of amides is 2. The Labute approximate surface area is 158 Å². The monoisotopic (exact) mass is 393 g/mol. The van der Waals surface area contributed by atoms with E-state index < -0.39 is 29.4 Å². The lowest BCUT2D eigenvalue weighted by molar-refractivity contribution is -0.138. The lowest BCUT2D eigenvalue weighted by Crippen LogP contribution is -2.53. The summed E-state index contributed by atoms with van der Waals surface area (Å²) in [7, 11) is 1.86. The van der Waals surface area contributed by atoms with Crippen molar-refractivity contribution in [2.45, 2.75) is 6.04 Å². The minimum absolute atomic E-state index is 0.118. The molecule has 9 heteroatoms. The van der Waals surface area contributed by atoms with Crippen molar-refractivity contribution >= 4 is 11.8 Å². The molecule has 0 aliphatic carbocycles. The van der Waals surface area contributed by atoms with Crippen LogP contribution in [0.4, 0.5) is 13.2 Å². The highest BCUT2D eigenvalue weighted by Crippen LogP contribution is 2.26. The van der Waals surface area contributed by atoms with E-state index in [9.17, 15) is 22.8 Å². The Hall–Kier alpha value is -2.91. The number of benzene rings is 2. The molecule has 1 heterocycles. The highest BCUT2D eigenvalue weighted by molar-refractivity contribution is 5.89. The highest BCUT2D eigenvalue weighted by atomic mass is 19.2. The van der Waals surface area contributed by atoms with Crippen molar-refractivity contribution < 1.29 is 28.0 Å². The Kier molecular flexibility index (Phi) is 5.66. The van der Waals surface area contributed by atoms with Crippen LogP contribution in [0.1, 0.15) is 11.6 Å². The van der Waals surface area contributed by atoms with Crippen LogP contribution in [0, 0.1) is 23.4 Å². The Morgan fingerprint density at radius 1 is 1.07 bits per heavy atom.